The molecule has 3 aromatic rings. The van der Waals surface area contributed by atoms with Crippen LogP contribution in [0.4, 0.5) is 0 Å². The number of rotatable bonds is 5. The molecule has 30 heavy (non-hydrogen) atoms. The first-order valence-corrected chi connectivity index (χ1v) is 10.3. The molecule has 5 nitrogen and oxygen atoms in total. The first-order valence-electron chi connectivity index (χ1n) is 8.71. The van der Waals surface area contributed by atoms with Crippen LogP contribution in [-0.4, -0.2) is 18.1 Å². The number of hydrogen-bond acceptors (Lipinski definition) is 4. The predicted octanol–water partition coefficient (Wildman–Crippen LogP) is 6.05. The summed E-state index contributed by atoms with van der Waals surface area (Å²) in [6.07, 6.45) is 1.39. The van der Waals surface area contributed by atoms with E-state index in [9.17, 15) is 9.59 Å². The van der Waals surface area contributed by atoms with E-state index in [2.05, 4.69) is 26.5 Å². The first kappa shape index (κ1) is 22.0. The molecule has 0 fully saturated rings. The van der Waals surface area contributed by atoms with Gasteiger partial charge in [-0.05, 0) is 55.0 Å². The molecule has 3 rings (SSSR count). The van der Waals surface area contributed by atoms with Crippen molar-refractivity contribution in [1.82, 2.24) is 5.43 Å². The first-order chi connectivity index (χ1) is 14.3. The van der Waals surface area contributed by atoms with Gasteiger partial charge in [0.25, 0.3) is 5.91 Å². The van der Waals surface area contributed by atoms with Crippen LogP contribution in [0.15, 0.2) is 70.2 Å². The van der Waals surface area contributed by atoms with E-state index in [4.69, 9.17) is 27.9 Å². The fraction of sp³-hybridized carbons (Fsp3) is 0.0455. The van der Waals surface area contributed by atoms with Gasteiger partial charge < -0.3 is 4.74 Å². The van der Waals surface area contributed by atoms with Crippen LogP contribution < -0.4 is 10.2 Å². The normalized spacial score (nSPS) is 10.8. The maximum absolute atomic E-state index is 12.5. The molecule has 0 bridgehead atoms. The summed E-state index contributed by atoms with van der Waals surface area (Å²) >= 11 is 15.2. The molecular weight excluding hydrogens is 491 g/mol. The second kappa shape index (κ2) is 9.89. The summed E-state index contributed by atoms with van der Waals surface area (Å²) in [4.78, 5) is 24.8. The van der Waals surface area contributed by atoms with Gasteiger partial charge in [-0.2, -0.15) is 5.10 Å². The Morgan fingerprint density at radius 1 is 1.03 bits per heavy atom. The Morgan fingerprint density at radius 3 is 2.53 bits per heavy atom. The van der Waals surface area contributed by atoms with Crippen molar-refractivity contribution < 1.29 is 14.3 Å². The molecule has 3 aromatic carbocycles. The second-order valence-corrected chi connectivity index (χ2v) is 7.94. The van der Waals surface area contributed by atoms with E-state index in [1.54, 1.807) is 30.3 Å². The van der Waals surface area contributed by atoms with Gasteiger partial charge in [-0.15, -0.1) is 0 Å². The zero-order chi connectivity index (χ0) is 21.7. The zero-order valence-electron chi connectivity index (χ0n) is 15.7. The minimum atomic E-state index is -0.482. The smallest absolute Gasteiger partial charge is 0.343 e. The lowest BCUT2D eigenvalue weighted by atomic mass is 10.1. The van der Waals surface area contributed by atoms with Crippen LogP contribution in [0, 0.1) is 6.92 Å². The van der Waals surface area contributed by atoms with Gasteiger partial charge in [0.15, 0.2) is 0 Å². The van der Waals surface area contributed by atoms with E-state index in [1.807, 2.05) is 19.1 Å². The molecule has 0 aliphatic heterocycles. The highest BCUT2D eigenvalue weighted by molar-refractivity contribution is 9.10. The van der Waals surface area contributed by atoms with Crippen molar-refractivity contribution >= 4 is 57.2 Å². The van der Waals surface area contributed by atoms with Crippen molar-refractivity contribution in [2.75, 3.05) is 0 Å². The molecule has 0 aliphatic rings. The van der Waals surface area contributed by atoms with Crippen LogP contribution >= 0.6 is 39.1 Å². The summed E-state index contributed by atoms with van der Waals surface area (Å²) in [7, 11) is 0. The zero-order valence-corrected chi connectivity index (χ0v) is 18.8. The highest BCUT2D eigenvalue weighted by Gasteiger charge is 2.13. The molecular formula is C22H15BrCl2N2O3. The van der Waals surface area contributed by atoms with Crippen molar-refractivity contribution in [3.8, 4) is 5.75 Å². The number of nitrogens with zero attached hydrogens (tertiary/aromatic N) is 1. The molecule has 1 amide bonds. The standard InChI is InChI=1S/C22H15BrCl2N2O3/c1-13-4-2-3-5-17(13)22(29)30-20-9-7-16(23)10-15(20)12-26-27-21(28)14-6-8-18(24)19(25)11-14/h2-12H,1H3,(H,27,28). The van der Waals surface area contributed by atoms with Crippen molar-refractivity contribution in [3.05, 3.63) is 97.4 Å². The lowest BCUT2D eigenvalue weighted by Crippen LogP contribution is -2.17. The van der Waals surface area contributed by atoms with Crippen LogP contribution in [0.25, 0.3) is 0 Å². The third-order valence-electron chi connectivity index (χ3n) is 4.09. The summed E-state index contributed by atoms with van der Waals surface area (Å²) in [5.41, 5.74) is 4.49. The summed E-state index contributed by atoms with van der Waals surface area (Å²) in [6.45, 7) is 1.83. The van der Waals surface area contributed by atoms with Crippen molar-refractivity contribution in [2.24, 2.45) is 5.10 Å². The molecule has 0 saturated carbocycles. The summed E-state index contributed by atoms with van der Waals surface area (Å²) in [6, 6.07) is 16.8. The number of halogens is 3. The van der Waals surface area contributed by atoms with Gasteiger partial charge in [0.05, 0.1) is 21.8 Å². The van der Waals surface area contributed by atoms with Gasteiger partial charge in [-0.1, -0.05) is 57.3 Å². The number of amides is 1. The Hall–Kier alpha value is -2.67. The van der Waals surface area contributed by atoms with Gasteiger partial charge in [-0.25, -0.2) is 10.2 Å². The highest BCUT2D eigenvalue weighted by Crippen LogP contribution is 2.24. The molecule has 0 aliphatic carbocycles. The summed E-state index contributed by atoms with van der Waals surface area (Å²) in [5.74, 6) is -0.637. The fourth-order valence-electron chi connectivity index (χ4n) is 2.53. The number of esters is 1. The van der Waals surface area contributed by atoms with E-state index in [1.165, 1.54) is 24.4 Å². The average molecular weight is 506 g/mol. The third kappa shape index (κ3) is 5.48. The topological polar surface area (TPSA) is 67.8 Å². The molecule has 0 atom stereocenters. The number of aryl methyl sites for hydroxylation is 1. The number of carbonyl (C=O) groups is 2. The van der Waals surface area contributed by atoms with E-state index in [0.29, 0.717) is 27.5 Å². The summed E-state index contributed by atoms with van der Waals surface area (Å²) < 4.78 is 6.30. The Kier molecular flexibility index (Phi) is 7.26. The molecule has 152 valence electrons. The Balaban J connectivity index is 1.76. The third-order valence-corrected chi connectivity index (χ3v) is 5.32. The molecule has 8 heteroatoms. The van der Waals surface area contributed by atoms with Gasteiger partial charge in [0.1, 0.15) is 5.75 Å². The van der Waals surface area contributed by atoms with Crippen LogP contribution in [0.3, 0.4) is 0 Å². The monoisotopic (exact) mass is 504 g/mol. The number of hydrogen-bond donors (Lipinski definition) is 1. The van der Waals surface area contributed by atoms with Gasteiger partial charge >= 0.3 is 5.97 Å². The van der Waals surface area contributed by atoms with Crippen molar-refractivity contribution in [1.29, 1.82) is 0 Å². The number of carbonyl (C=O) groups excluding carboxylic acids is 2. The van der Waals surface area contributed by atoms with Crippen LogP contribution in [0.5, 0.6) is 5.75 Å². The van der Waals surface area contributed by atoms with Crippen molar-refractivity contribution in [2.45, 2.75) is 6.92 Å². The molecule has 0 radical (unpaired) electrons. The van der Waals surface area contributed by atoms with Crippen LogP contribution in [-0.2, 0) is 0 Å². The minimum Gasteiger partial charge on any atom is -0.422 e. The van der Waals surface area contributed by atoms with E-state index in [-0.39, 0.29) is 5.02 Å². The van der Waals surface area contributed by atoms with Gasteiger partial charge in [0, 0.05) is 15.6 Å². The lowest BCUT2D eigenvalue weighted by molar-refractivity contribution is 0.0733. The number of benzene rings is 3. The molecule has 0 heterocycles. The molecule has 0 aromatic heterocycles. The highest BCUT2D eigenvalue weighted by atomic mass is 79.9. The molecule has 0 unspecified atom stereocenters. The van der Waals surface area contributed by atoms with Crippen LogP contribution in [0.1, 0.15) is 31.8 Å². The predicted molar refractivity (Wildman–Crippen MR) is 122 cm³/mol. The second-order valence-electron chi connectivity index (χ2n) is 6.21. The van der Waals surface area contributed by atoms with Crippen LogP contribution in [0.2, 0.25) is 10.0 Å². The minimum absolute atomic E-state index is 0.269. The largest absolute Gasteiger partial charge is 0.422 e. The van der Waals surface area contributed by atoms with E-state index in [0.717, 1.165) is 10.0 Å². The summed E-state index contributed by atoms with van der Waals surface area (Å²) in [5, 5.41) is 4.58. The number of hydrazone groups is 1. The van der Waals surface area contributed by atoms with Gasteiger partial charge in [0.2, 0.25) is 0 Å². The maximum Gasteiger partial charge on any atom is 0.343 e. The Bertz CT molecular complexity index is 1150. The number of ether oxygens (including phenoxy) is 1. The van der Waals surface area contributed by atoms with Gasteiger partial charge in [-0.3, -0.25) is 4.79 Å². The Morgan fingerprint density at radius 2 is 1.80 bits per heavy atom. The molecule has 0 saturated heterocycles. The molecule has 1 N–H and O–H groups in total. The number of nitrogens with one attached hydrogen (secondary N) is 1. The van der Waals surface area contributed by atoms with Crippen molar-refractivity contribution in [3.63, 3.8) is 0 Å². The van der Waals surface area contributed by atoms with E-state index < -0.39 is 11.9 Å². The SMILES string of the molecule is Cc1ccccc1C(=O)Oc1ccc(Br)cc1C=NNC(=O)c1ccc(Cl)c(Cl)c1. The fourth-order valence-corrected chi connectivity index (χ4v) is 3.21. The maximum atomic E-state index is 12.5. The Labute approximate surface area is 191 Å². The van der Waals surface area contributed by atoms with E-state index >= 15 is 0 Å². The quantitative estimate of drug-likeness (QED) is 0.199. The molecule has 0 spiro atoms. The average Bonchev–Trinajstić information content (AvgIpc) is 2.72. The lowest BCUT2D eigenvalue weighted by Gasteiger charge is -2.09.